The first kappa shape index (κ1) is 19.6. The van der Waals surface area contributed by atoms with Crippen LogP contribution in [0.2, 0.25) is 0 Å². The van der Waals surface area contributed by atoms with E-state index in [-0.39, 0.29) is 5.97 Å². The van der Waals surface area contributed by atoms with Crippen LogP contribution >= 0.6 is 0 Å². The Morgan fingerprint density at radius 1 is 1.14 bits per heavy atom. The molecule has 0 saturated carbocycles. The Balaban J connectivity index is 1.21. The highest BCUT2D eigenvalue weighted by atomic mass is 16.5. The lowest BCUT2D eigenvalue weighted by atomic mass is 9.90. The molecule has 154 valence electrons. The molecule has 28 heavy (non-hydrogen) atoms. The van der Waals surface area contributed by atoms with Crippen LogP contribution in [0, 0.1) is 5.92 Å². The Morgan fingerprint density at radius 2 is 1.89 bits per heavy atom. The summed E-state index contributed by atoms with van der Waals surface area (Å²) >= 11 is 0. The molecule has 6 nitrogen and oxygen atoms in total. The fourth-order valence-corrected chi connectivity index (χ4v) is 4.92. The number of aryl methyl sites for hydroxylation is 1. The van der Waals surface area contributed by atoms with Gasteiger partial charge in [-0.1, -0.05) is 6.07 Å². The number of aromatic nitrogens is 1. The molecule has 4 rings (SSSR count). The van der Waals surface area contributed by atoms with Gasteiger partial charge < -0.3 is 15.0 Å². The minimum atomic E-state index is -0.119. The summed E-state index contributed by atoms with van der Waals surface area (Å²) in [7, 11) is 1.47. The average molecular weight is 387 g/mol. The summed E-state index contributed by atoms with van der Waals surface area (Å²) in [4.78, 5) is 21.2. The van der Waals surface area contributed by atoms with Gasteiger partial charge in [-0.05, 0) is 82.3 Å². The van der Waals surface area contributed by atoms with E-state index in [0.29, 0.717) is 12.5 Å². The van der Waals surface area contributed by atoms with Crippen molar-refractivity contribution in [1.29, 1.82) is 0 Å². The first-order valence-corrected chi connectivity index (χ1v) is 11.0. The second-order valence-electron chi connectivity index (χ2n) is 8.64. The molecule has 0 bridgehead atoms. The lowest BCUT2D eigenvalue weighted by molar-refractivity contribution is -0.142. The van der Waals surface area contributed by atoms with Crippen LogP contribution < -0.4 is 5.32 Å². The summed E-state index contributed by atoms with van der Waals surface area (Å²) < 4.78 is 4.78. The van der Waals surface area contributed by atoms with Gasteiger partial charge >= 0.3 is 5.97 Å². The van der Waals surface area contributed by atoms with Gasteiger partial charge in [0.05, 0.1) is 13.7 Å². The topological polar surface area (TPSA) is 57.7 Å². The van der Waals surface area contributed by atoms with Crippen LogP contribution in [0.5, 0.6) is 0 Å². The minimum Gasteiger partial charge on any atom is -0.468 e. The maximum Gasteiger partial charge on any atom is 0.319 e. The van der Waals surface area contributed by atoms with E-state index in [2.05, 4.69) is 27.2 Å². The number of nitrogens with one attached hydrogen (secondary N) is 1. The Kier molecular flexibility index (Phi) is 6.47. The highest BCUT2D eigenvalue weighted by molar-refractivity contribution is 5.71. The van der Waals surface area contributed by atoms with Crippen molar-refractivity contribution in [1.82, 2.24) is 14.8 Å². The Hall–Kier alpha value is -1.66. The lowest BCUT2D eigenvalue weighted by Gasteiger charge is -2.37. The normalized spacial score (nSPS) is 22.5. The smallest absolute Gasteiger partial charge is 0.319 e. The molecule has 1 aromatic heterocycles. The molecular weight excluding hydrogens is 352 g/mol. The number of likely N-dealkylation sites (tertiary alicyclic amines) is 2. The number of pyridine rings is 1. The van der Waals surface area contributed by atoms with Crippen LogP contribution in [0.25, 0.3) is 0 Å². The second-order valence-corrected chi connectivity index (χ2v) is 8.64. The second kappa shape index (κ2) is 9.23. The molecule has 0 amide bonds. The van der Waals surface area contributed by atoms with Crippen molar-refractivity contribution in [3.8, 4) is 0 Å². The third-order valence-corrected chi connectivity index (χ3v) is 6.73. The summed E-state index contributed by atoms with van der Waals surface area (Å²) in [5, 5.41) is 3.47. The monoisotopic (exact) mass is 386 g/mol. The first-order chi connectivity index (χ1) is 13.7. The van der Waals surface area contributed by atoms with E-state index in [9.17, 15) is 4.79 Å². The van der Waals surface area contributed by atoms with Crippen molar-refractivity contribution >= 4 is 11.8 Å². The average Bonchev–Trinajstić information content (AvgIpc) is 2.75. The molecule has 1 N–H and O–H groups in total. The predicted molar refractivity (Wildman–Crippen MR) is 111 cm³/mol. The van der Waals surface area contributed by atoms with E-state index in [0.717, 1.165) is 37.8 Å². The van der Waals surface area contributed by atoms with Crippen LogP contribution in [0.4, 0.5) is 5.82 Å². The zero-order chi connectivity index (χ0) is 19.3. The van der Waals surface area contributed by atoms with E-state index in [1.54, 1.807) is 0 Å². The molecular formula is C22H34N4O2. The van der Waals surface area contributed by atoms with Crippen LogP contribution in [-0.2, 0) is 16.0 Å². The number of hydrogen-bond donors (Lipinski definition) is 1. The number of esters is 1. The summed E-state index contributed by atoms with van der Waals surface area (Å²) in [6.45, 7) is 7.10. The quantitative estimate of drug-likeness (QED) is 0.785. The molecule has 6 heteroatoms. The van der Waals surface area contributed by atoms with Gasteiger partial charge in [-0.3, -0.25) is 9.69 Å². The molecule has 3 aliphatic rings. The van der Waals surface area contributed by atoms with E-state index in [1.165, 1.54) is 70.1 Å². The maximum atomic E-state index is 11.4. The Morgan fingerprint density at radius 3 is 2.64 bits per heavy atom. The standard InChI is InChI=1S/C22H34N4O2/c1-28-21(27)16-26-11-6-17(7-12-26)15-25-13-8-18(9-14-25)20-5-4-19-3-2-10-23-22(19)24-20/h4-5,17-18H,2-3,6-16H2,1H3,(H,23,24). The molecule has 2 fully saturated rings. The van der Waals surface area contributed by atoms with Crippen LogP contribution in [-0.4, -0.2) is 73.7 Å². The third-order valence-electron chi connectivity index (χ3n) is 6.73. The van der Waals surface area contributed by atoms with Crippen molar-refractivity contribution < 1.29 is 9.53 Å². The minimum absolute atomic E-state index is 0.119. The van der Waals surface area contributed by atoms with Gasteiger partial charge in [0.1, 0.15) is 5.82 Å². The van der Waals surface area contributed by atoms with Gasteiger partial charge in [-0.15, -0.1) is 0 Å². The number of rotatable bonds is 5. The Bertz CT molecular complexity index is 665. The molecule has 2 saturated heterocycles. The number of carbonyl (C=O) groups is 1. The number of anilines is 1. The van der Waals surface area contributed by atoms with E-state index in [1.807, 2.05) is 0 Å². The molecule has 4 heterocycles. The highest BCUT2D eigenvalue weighted by Crippen LogP contribution is 2.30. The van der Waals surface area contributed by atoms with Crippen LogP contribution in [0.1, 0.15) is 49.3 Å². The number of ether oxygens (including phenoxy) is 1. The van der Waals surface area contributed by atoms with E-state index < -0.39 is 0 Å². The molecule has 0 aromatic carbocycles. The van der Waals surface area contributed by atoms with Crippen molar-refractivity contribution in [2.75, 3.05) is 58.2 Å². The molecule has 0 unspecified atom stereocenters. The largest absolute Gasteiger partial charge is 0.468 e. The van der Waals surface area contributed by atoms with Gasteiger partial charge in [0, 0.05) is 24.7 Å². The zero-order valence-electron chi connectivity index (χ0n) is 17.2. The number of methoxy groups -OCH3 is 1. The first-order valence-electron chi connectivity index (χ1n) is 11.0. The van der Waals surface area contributed by atoms with Crippen molar-refractivity contribution in [2.24, 2.45) is 5.92 Å². The molecule has 3 aliphatic heterocycles. The van der Waals surface area contributed by atoms with Gasteiger partial charge in [-0.2, -0.15) is 0 Å². The summed E-state index contributed by atoms with van der Waals surface area (Å²) in [5.41, 5.74) is 2.66. The Labute approximate surface area is 168 Å². The van der Waals surface area contributed by atoms with Crippen LogP contribution in [0.3, 0.4) is 0 Å². The summed E-state index contributed by atoms with van der Waals surface area (Å²) in [6, 6.07) is 4.56. The van der Waals surface area contributed by atoms with Crippen molar-refractivity contribution in [3.05, 3.63) is 23.4 Å². The van der Waals surface area contributed by atoms with Crippen molar-refractivity contribution in [3.63, 3.8) is 0 Å². The lowest BCUT2D eigenvalue weighted by Crippen LogP contribution is -2.42. The SMILES string of the molecule is COC(=O)CN1CCC(CN2CCC(c3ccc4c(n3)NCCC4)CC2)CC1. The molecule has 0 atom stereocenters. The zero-order valence-corrected chi connectivity index (χ0v) is 17.2. The number of carbonyl (C=O) groups excluding carboxylic acids is 1. The molecule has 0 spiro atoms. The third kappa shape index (κ3) is 4.84. The van der Waals surface area contributed by atoms with Crippen LogP contribution in [0.15, 0.2) is 12.1 Å². The number of piperidine rings is 2. The highest BCUT2D eigenvalue weighted by Gasteiger charge is 2.27. The van der Waals surface area contributed by atoms with Crippen molar-refractivity contribution in [2.45, 2.75) is 44.4 Å². The van der Waals surface area contributed by atoms with Gasteiger partial charge in [0.15, 0.2) is 0 Å². The van der Waals surface area contributed by atoms with Gasteiger partial charge in [-0.25, -0.2) is 4.98 Å². The summed E-state index contributed by atoms with van der Waals surface area (Å²) in [6.07, 6.45) is 7.18. The number of hydrogen-bond acceptors (Lipinski definition) is 6. The van der Waals surface area contributed by atoms with E-state index in [4.69, 9.17) is 9.72 Å². The fraction of sp³-hybridized carbons (Fsp3) is 0.727. The van der Waals surface area contributed by atoms with Gasteiger partial charge in [0.2, 0.25) is 0 Å². The number of fused-ring (bicyclic) bond motifs is 1. The molecule has 0 aliphatic carbocycles. The fourth-order valence-electron chi connectivity index (χ4n) is 4.92. The predicted octanol–water partition coefficient (Wildman–Crippen LogP) is 2.50. The molecule has 1 aromatic rings. The molecule has 0 radical (unpaired) electrons. The van der Waals surface area contributed by atoms with Gasteiger partial charge in [0.25, 0.3) is 0 Å². The summed E-state index contributed by atoms with van der Waals surface area (Å²) in [5.74, 6) is 2.38. The maximum absolute atomic E-state index is 11.4. The van der Waals surface area contributed by atoms with E-state index >= 15 is 0 Å². The number of nitrogens with zero attached hydrogens (tertiary/aromatic N) is 3.